The number of ether oxygens (including phenoxy) is 1. The van der Waals surface area contributed by atoms with Crippen molar-refractivity contribution in [3.63, 3.8) is 0 Å². The Morgan fingerprint density at radius 2 is 2.00 bits per heavy atom. The first kappa shape index (κ1) is 14.0. The predicted molar refractivity (Wildman–Crippen MR) is 74.5 cm³/mol. The van der Waals surface area contributed by atoms with Crippen molar-refractivity contribution in [3.8, 4) is 5.75 Å². The maximum atomic E-state index is 10.3. The maximum absolute atomic E-state index is 10.3. The molecule has 0 aromatic heterocycles. The SMILES string of the molecule is CCOc1cc(Cl)c(C(O)C(C)C2CC2)cc1Cl. The molecule has 0 aliphatic heterocycles. The van der Waals surface area contributed by atoms with Crippen LogP contribution in [0.2, 0.25) is 10.0 Å². The van der Waals surface area contributed by atoms with E-state index in [1.54, 1.807) is 12.1 Å². The summed E-state index contributed by atoms with van der Waals surface area (Å²) in [7, 11) is 0. The van der Waals surface area contributed by atoms with Gasteiger partial charge in [-0.05, 0) is 37.7 Å². The average Bonchev–Trinajstić information content (AvgIpc) is 3.16. The third kappa shape index (κ3) is 2.93. The number of hydrogen-bond donors (Lipinski definition) is 1. The summed E-state index contributed by atoms with van der Waals surface area (Å²) in [6.45, 7) is 4.49. The van der Waals surface area contributed by atoms with Crippen molar-refractivity contribution in [3.05, 3.63) is 27.7 Å². The molecule has 0 saturated heterocycles. The van der Waals surface area contributed by atoms with Gasteiger partial charge in [0, 0.05) is 11.6 Å². The minimum Gasteiger partial charge on any atom is -0.492 e. The lowest BCUT2D eigenvalue weighted by Crippen LogP contribution is -2.11. The zero-order valence-electron chi connectivity index (χ0n) is 10.6. The zero-order chi connectivity index (χ0) is 13.3. The average molecular weight is 289 g/mol. The molecule has 2 rings (SSSR count). The third-order valence-corrected chi connectivity index (χ3v) is 4.16. The van der Waals surface area contributed by atoms with E-state index in [2.05, 4.69) is 6.92 Å². The van der Waals surface area contributed by atoms with Gasteiger partial charge in [0.15, 0.2) is 0 Å². The van der Waals surface area contributed by atoms with Gasteiger partial charge in [0.25, 0.3) is 0 Å². The van der Waals surface area contributed by atoms with E-state index in [0.717, 1.165) is 0 Å². The van der Waals surface area contributed by atoms with Crippen molar-refractivity contribution in [2.75, 3.05) is 6.61 Å². The molecule has 2 atom stereocenters. The summed E-state index contributed by atoms with van der Waals surface area (Å²) in [4.78, 5) is 0. The van der Waals surface area contributed by atoms with Crippen LogP contribution in [-0.2, 0) is 0 Å². The Balaban J connectivity index is 2.24. The number of halogens is 2. The Morgan fingerprint density at radius 1 is 1.33 bits per heavy atom. The molecular formula is C14H18Cl2O2. The van der Waals surface area contributed by atoms with Crippen LogP contribution in [0.15, 0.2) is 12.1 Å². The zero-order valence-corrected chi connectivity index (χ0v) is 12.1. The van der Waals surface area contributed by atoms with Crippen LogP contribution in [0.4, 0.5) is 0 Å². The smallest absolute Gasteiger partial charge is 0.139 e. The quantitative estimate of drug-likeness (QED) is 0.866. The van der Waals surface area contributed by atoms with Gasteiger partial charge in [-0.25, -0.2) is 0 Å². The van der Waals surface area contributed by atoms with Crippen molar-refractivity contribution < 1.29 is 9.84 Å². The van der Waals surface area contributed by atoms with Gasteiger partial charge in [-0.3, -0.25) is 0 Å². The van der Waals surface area contributed by atoms with Gasteiger partial charge in [-0.15, -0.1) is 0 Å². The van der Waals surface area contributed by atoms with Crippen LogP contribution in [0.1, 0.15) is 38.4 Å². The van der Waals surface area contributed by atoms with E-state index in [4.69, 9.17) is 27.9 Å². The maximum Gasteiger partial charge on any atom is 0.139 e. The van der Waals surface area contributed by atoms with Crippen LogP contribution in [-0.4, -0.2) is 11.7 Å². The normalized spacial score (nSPS) is 18.5. The van der Waals surface area contributed by atoms with Crippen LogP contribution < -0.4 is 4.74 Å². The molecule has 1 aliphatic rings. The molecule has 1 saturated carbocycles. The summed E-state index contributed by atoms with van der Waals surface area (Å²) < 4.78 is 5.37. The predicted octanol–water partition coefficient (Wildman–Crippen LogP) is 4.47. The molecule has 1 fully saturated rings. The molecule has 1 N–H and O–H groups in total. The molecule has 0 bridgehead atoms. The van der Waals surface area contributed by atoms with E-state index < -0.39 is 6.10 Å². The van der Waals surface area contributed by atoms with E-state index in [9.17, 15) is 5.11 Å². The molecule has 0 amide bonds. The molecule has 18 heavy (non-hydrogen) atoms. The molecule has 1 aliphatic carbocycles. The Labute approximate surface area is 118 Å². The van der Waals surface area contributed by atoms with Crippen molar-refractivity contribution in [2.45, 2.75) is 32.8 Å². The molecule has 0 spiro atoms. The first-order chi connectivity index (χ1) is 8.54. The highest BCUT2D eigenvalue weighted by Crippen LogP contribution is 2.45. The van der Waals surface area contributed by atoms with Crippen LogP contribution >= 0.6 is 23.2 Å². The van der Waals surface area contributed by atoms with Gasteiger partial charge in [-0.2, -0.15) is 0 Å². The topological polar surface area (TPSA) is 29.5 Å². The summed E-state index contributed by atoms with van der Waals surface area (Å²) in [6, 6.07) is 3.41. The Kier molecular flexibility index (Phi) is 4.41. The standard InChI is InChI=1S/C14H18Cl2O2/c1-3-18-13-7-11(15)10(6-12(13)16)14(17)8(2)9-4-5-9/h6-9,14,17H,3-5H2,1-2H3. The first-order valence-corrected chi connectivity index (χ1v) is 7.10. The molecule has 0 heterocycles. The van der Waals surface area contributed by atoms with E-state index >= 15 is 0 Å². The largest absolute Gasteiger partial charge is 0.492 e. The van der Waals surface area contributed by atoms with Crippen LogP contribution in [0, 0.1) is 11.8 Å². The fourth-order valence-electron chi connectivity index (χ4n) is 2.20. The van der Waals surface area contributed by atoms with Crippen molar-refractivity contribution >= 4 is 23.2 Å². The van der Waals surface area contributed by atoms with E-state index in [-0.39, 0.29) is 5.92 Å². The minimum absolute atomic E-state index is 0.219. The fourth-order valence-corrected chi connectivity index (χ4v) is 2.69. The van der Waals surface area contributed by atoms with E-state index in [1.165, 1.54) is 12.8 Å². The van der Waals surface area contributed by atoms with Crippen molar-refractivity contribution in [1.29, 1.82) is 0 Å². The lowest BCUT2D eigenvalue weighted by atomic mass is 9.93. The Hall–Kier alpha value is -0.440. The molecular weight excluding hydrogens is 271 g/mol. The van der Waals surface area contributed by atoms with Crippen LogP contribution in [0.3, 0.4) is 0 Å². The molecule has 1 aromatic carbocycles. The third-order valence-electron chi connectivity index (χ3n) is 3.53. The Bertz CT molecular complexity index is 430. The second-order valence-corrected chi connectivity index (χ2v) is 5.69. The molecule has 2 nitrogen and oxygen atoms in total. The highest BCUT2D eigenvalue weighted by Gasteiger charge is 2.34. The van der Waals surface area contributed by atoms with Gasteiger partial charge in [0.05, 0.1) is 22.8 Å². The van der Waals surface area contributed by atoms with Crippen LogP contribution in [0.5, 0.6) is 5.75 Å². The summed E-state index contributed by atoms with van der Waals surface area (Å²) in [5.41, 5.74) is 0.699. The van der Waals surface area contributed by atoms with E-state index in [0.29, 0.717) is 33.9 Å². The van der Waals surface area contributed by atoms with E-state index in [1.807, 2.05) is 6.92 Å². The molecule has 100 valence electrons. The summed E-state index contributed by atoms with van der Waals surface area (Å²) in [5, 5.41) is 11.4. The monoisotopic (exact) mass is 288 g/mol. The fraction of sp³-hybridized carbons (Fsp3) is 0.571. The number of rotatable bonds is 5. The van der Waals surface area contributed by atoms with Gasteiger partial charge < -0.3 is 9.84 Å². The highest BCUT2D eigenvalue weighted by molar-refractivity contribution is 6.34. The van der Waals surface area contributed by atoms with Gasteiger partial charge >= 0.3 is 0 Å². The number of aliphatic hydroxyl groups is 1. The van der Waals surface area contributed by atoms with Gasteiger partial charge in [0.1, 0.15) is 5.75 Å². The number of benzene rings is 1. The summed E-state index contributed by atoms with van der Waals surface area (Å²) in [5.74, 6) is 1.40. The summed E-state index contributed by atoms with van der Waals surface area (Å²) in [6.07, 6.45) is 1.83. The molecule has 4 heteroatoms. The lowest BCUT2D eigenvalue weighted by Gasteiger charge is -2.21. The highest BCUT2D eigenvalue weighted by atomic mass is 35.5. The first-order valence-electron chi connectivity index (χ1n) is 6.34. The number of aliphatic hydroxyl groups excluding tert-OH is 1. The van der Waals surface area contributed by atoms with Gasteiger partial charge in [0.2, 0.25) is 0 Å². The van der Waals surface area contributed by atoms with Crippen molar-refractivity contribution in [2.24, 2.45) is 11.8 Å². The summed E-state index contributed by atoms with van der Waals surface area (Å²) >= 11 is 12.3. The minimum atomic E-state index is -0.557. The molecule has 0 radical (unpaired) electrons. The van der Waals surface area contributed by atoms with Crippen molar-refractivity contribution in [1.82, 2.24) is 0 Å². The molecule has 2 unspecified atom stereocenters. The Morgan fingerprint density at radius 3 is 2.56 bits per heavy atom. The van der Waals surface area contributed by atoms with Crippen LogP contribution in [0.25, 0.3) is 0 Å². The lowest BCUT2D eigenvalue weighted by molar-refractivity contribution is 0.106. The van der Waals surface area contributed by atoms with Gasteiger partial charge in [-0.1, -0.05) is 30.1 Å². The second kappa shape index (κ2) is 5.68. The number of hydrogen-bond acceptors (Lipinski definition) is 2. The second-order valence-electron chi connectivity index (χ2n) is 4.88. The molecule has 1 aromatic rings.